The lowest BCUT2D eigenvalue weighted by molar-refractivity contribution is 0.0690. The van der Waals surface area contributed by atoms with Gasteiger partial charge in [-0.15, -0.1) is 5.10 Å². The van der Waals surface area contributed by atoms with E-state index in [4.69, 9.17) is 5.11 Å². The van der Waals surface area contributed by atoms with E-state index in [2.05, 4.69) is 30.9 Å². The Bertz CT molecular complexity index is 650. The molecule has 2 heterocycles. The summed E-state index contributed by atoms with van der Waals surface area (Å²) in [4.78, 5) is 17.2. The second-order valence-electron chi connectivity index (χ2n) is 4.71. The fraction of sp³-hybridized carbons (Fsp3) is 0.417. The summed E-state index contributed by atoms with van der Waals surface area (Å²) in [5.74, 6) is -0.237. The first-order valence-electron chi connectivity index (χ1n) is 6.09. The lowest BCUT2D eigenvalue weighted by Gasteiger charge is -2.35. The van der Waals surface area contributed by atoms with E-state index in [-0.39, 0.29) is 5.69 Å². The number of fused-ring (bicyclic) bond motifs is 1. The number of hydrogen-bond acceptors (Lipinski definition) is 4. The Labute approximate surface area is 118 Å². The van der Waals surface area contributed by atoms with E-state index in [1.807, 2.05) is 13.1 Å². The first-order valence-corrected chi connectivity index (χ1v) is 6.88. The zero-order chi connectivity index (χ0) is 13.6. The van der Waals surface area contributed by atoms with E-state index in [0.29, 0.717) is 16.3 Å². The van der Waals surface area contributed by atoms with Crippen LogP contribution >= 0.6 is 15.9 Å². The Balaban J connectivity index is 2.04. The lowest BCUT2D eigenvalue weighted by atomic mass is 9.92. The van der Waals surface area contributed by atoms with Crippen molar-refractivity contribution in [2.75, 3.05) is 11.9 Å². The third kappa shape index (κ3) is 1.98. The quantitative estimate of drug-likeness (QED) is 0.937. The van der Waals surface area contributed by atoms with E-state index < -0.39 is 5.97 Å². The zero-order valence-electron chi connectivity index (χ0n) is 10.4. The van der Waals surface area contributed by atoms with Gasteiger partial charge in [-0.2, -0.15) is 0 Å². The van der Waals surface area contributed by atoms with Crippen molar-refractivity contribution in [1.82, 2.24) is 14.6 Å². The number of halogens is 1. The van der Waals surface area contributed by atoms with Crippen molar-refractivity contribution in [3.05, 3.63) is 22.4 Å². The first-order chi connectivity index (χ1) is 9.08. The molecule has 0 radical (unpaired) electrons. The number of anilines is 1. The number of carbonyl (C=O) groups is 1. The van der Waals surface area contributed by atoms with Crippen molar-refractivity contribution in [1.29, 1.82) is 0 Å². The molecule has 1 saturated carbocycles. The van der Waals surface area contributed by atoms with Crippen LogP contribution in [0.4, 0.5) is 5.82 Å². The van der Waals surface area contributed by atoms with Gasteiger partial charge in [-0.3, -0.25) is 0 Å². The van der Waals surface area contributed by atoms with Gasteiger partial charge in [0.15, 0.2) is 11.3 Å². The molecule has 6 nitrogen and oxygen atoms in total. The molecule has 1 aliphatic rings. The van der Waals surface area contributed by atoms with E-state index in [9.17, 15) is 4.79 Å². The van der Waals surface area contributed by atoms with Crippen LogP contribution in [0.1, 0.15) is 29.8 Å². The summed E-state index contributed by atoms with van der Waals surface area (Å²) in [7, 11) is 2.01. The second kappa shape index (κ2) is 4.48. The topological polar surface area (TPSA) is 70.7 Å². The van der Waals surface area contributed by atoms with Crippen LogP contribution in [0, 0.1) is 0 Å². The van der Waals surface area contributed by atoms with Crippen molar-refractivity contribution in [2.24, 2.45) is 0 Å². The average molecular weight is 325 g/mol. The summed E-state index contributed by atoms with van der Waals surface area (Å²) in [6.45, 7) is 0. The number of aromatic carboxylic acids is 1. The number of imidazole rings is 1. The van der Waals surface area contributed by atoms with E-state index >= 15 is 0 Å². The molecule has 1 N–H and O–H groups in total. The van der Waals surface area contributed by atoms with Gasteiger partial charge < -0.3 is 10.0 Å². The van der Waals surface area contributed by atoms with Crippen LogP contribution in [0.15, 0.2) is 16.7 Å². The molecule has 0 bridgehead atoms. The van der Waals surface area contributed by atoms with E-state index in [0.717, 1.165) is 5.82 Å². The predicted molar refractivity (Wildman–Crippen MR) is 73.7 cm³/mol. The number of nitrogens with zero attached hydrogens (tertiary/aromatic N) is 4. The highest BCUT2D eigenvalue weighted by atomic mass is 79.9. The smallest absolute Gasteiger partial charge is 0.357 e. The summed E-state index contributed by atoms with van der Waals surface area (Å²) >= 11 is 3.24. The molecular weight excluding hydrogens is 312 g/mol. The summed E-state index contributed by atoms with van der Waals surface area (Å²) < 4.78 is 1.90. The van der Waals surface area contributed by atoms with Crippen LogP contribution in [-0.4, -0.2) is 38.8 Å². The molecule has 2 aromatic heterocycles. The SMILES string of the molecule is CN(c1ccc2nc(C(=O)O)c(Br)n2n1)C1CCC1. The summed E-state index contributed by atoms with van der Waals surface area (Å²) in [5.41, 5.74) is 0.506. The van der Waals surface area contributed by atoms with Crippen molar-refractivity contribution in [3.63, 3.8) is 0 Å². The van der Waals surface area contributed by atoms with Gasteiger partial charge in [-0.1, -0.05) is 0 Å². The molecule has 0 unspecified atom stereocenters. The van der Waals surface area contributed by atoms with Crippen molar-refractivity contribution in [2.45, 2.75) is 25.3 Å². The van der Waals surface area contributed by atoms with Gasteiger partial charge in [0.05, 0.1) is 0 Å². The first kappa shape index (κ1) is 12.4. The Kier molecular flexibility index (Phi) is 2.93. The molecule has 0 spiro atoms. The van der Waals surface area contributed by atoms with Crippen LogP contribution in [0.25, 0.3) is 5.65 Å². The van der Waals surface area contributed by atoms with Crippen LogP contribution in [0.5, 0.6) is 0 Å². The zero-order valence-corrected chi connectivity index (χ0v) is 12.0. The highest BCUT2D eigenvalue weighted by Gasteiger charge is 2.24. The number of hydrogen-bond donors (Lipinski definition) is 1. The minimum Gasteiger partial charge on any atom is -0.476 e. The van der Waals surface area contributed by atoms with Crippen LogP contribution in [0.3, 0.4) is 0 Å². The van der Waals surface area contributed by atoms with Gasteiger partial charge in [0, 0.05) is 13.1 Å². The van der Waals surface area contributed by atoms with Gasteiger partial charge in [0.25, 0.3) is 0 Å². The predicted octanol–water partition coefficient (Wildman–Crippen LogP) is 2.18. The van der Waals surface area contributed by atoms with Gasteiger partial charge in [0.1, 0.15) is 10.4 Å². The minimum absolute atomic E-state index is 0.0176. The molecule has 19 heavy (non-hydrogen) atoms. The van der Waals surface area contributed by atoms with Crippen LogP contribution in [0.2, 0.25) is 0 Å². The van der Waals surface area contributed by atoms with Crippen molar-refractivity contribution in [3.8, 4) is 0 Å². The van der Waals surface area contributed by atoms with Gasteiger partial charge in [-0.25, -0.2) is 14.3 Å². The summed E-state index contributed by atoms with van der Waals surface area (Å²) in [5, 5.41) is 13.5. The Morgan fingerprint density at radius 2 is 2.26 bits per heavy atom. The minimum atomic E-state index is -1.06. The molecule has 0 atom stereocenters. The molecule has 0 aromatic carbocycles. The molecule has 1 fully saturated rings. The molecule has 0 aliphatic heterocycles. The molecular formula is C12H13BrN4O2. The maximum absolute atomic E-state index is 11.0. The van der Waals surface area contributed by atoms with Gasteiger partial charge >= 0.3 is 5.97 Å². The van der Waals surface area contributed by atoms with E-state index in [1.165, 1.54) is 23.8 Å². The highest BCUT2D eigenvalue weighted by molar-refractivity contribution is 9.10. The molecule has 0 amide bonds. The largest absolute Gasteiger partial charge is 0.476 e. The van der Waals surface area contributed by atoms with Crippen LogP contribution < -0.4 is 4.90 Å². The Morgan fingerprint density at radius 1 is 1.53 bits per heavy atom. The Morgan fingerprint density at radius 3 is 2.84 bits per heavy atom. The fourth-order valence-electron chi connectivity index (χ4n) is 2.18. The standard InChI is InChI=1S/C12H13BrN4O2/c1-16(7-3-2-4-7)9-6-5-8-14-10(12(18)19)11(13)17(8)15-9/h5-7H,2-4H2,1H3,(H,18,19). The van der Waals surface area contributed by atoms with Crippen molar-refractivity contribution < 1.29 is 9.90 Å². The molecule has 7 heteroatoms. The summed E-state index contributed by atoms with van der Waals surface area (Å²) in [6.07, 6.45) is 3.62. The molecule has 3 rings (SSSR count). The highest BCUT2D eigenvalue weighted by Crippen LogP contribution is 2.28. The van der Waals surface area contributed by atoms with Gasteiger partial charge in [-0.05, 0) is 47.3 Å². The number of rotatable bonds is 3. The monoisotopic (exact) mass is 324 g/mol. The fourth-order valence-corrected chi connectivity index (χ4v) is 2.70. The third-order valence-corrected chi connectivity index (χ3v) is 4.31. The maximum Gasteiger partial charge on any atom is 0.357 e. The molecule has 100 valence electrons. The Hall–Kier alpha value is -1.63. The average Bonchev–Trinajstić information content (AvgIpc) is 2.64. The van der Waals surface area contributed by atoms with Crippen molar-refractivity contribution >= 4 is 33.4 Å². The van der Waals surface area contributed by atoms with E-state index in [1.54, 1.807) is 6.07 Å². The summed E-state index contributed by atoms with van der Waals surface area (Å²) in [6, 6.07) is 4.19. The number of carboxylic acids is 1. The lowest BCUT2D eigenvalue weighted by Crippen LogP contribution is -2.37. The third-order valence-electron chi connectivity index (χ3n) is 3.60. The molecule has 2 aromatic rings. The number of aromatic nitrogens is 3. The second-order valence-corrected chi connectivity index (χ2v) is 5.46. The van der Waals surface area contributed by atoms with Gasteiger partial charge in [0.2, 0.25) is 0 Å². The number of carboxylic acid groups (broad SMARTS) is 1. The van der Waals surface area contributed by atoms with Crippen LogP contribution in [-0.2, 0) is 0 Å². The normalized spacial score (nSPS) is 15.5. The maximum atomic E-state index is 11.0. The molecule has 1 aliphatic carbocycles. The molecule has 0 saturated heterocycles.